The maximum Gasteiger partial charge on any atom is 0.254 e. The van der Waals surface area contributed by atoms with E-state index in [1.807, 2.05) is 53.4 Å². The Morgan fingerprint density at radius 1 is 0.971 bits per heavy atom. The number of benzene rings is 2. The third-order valence-electron chi connectivity index (χ3n) is 5.96. The van der Waals surface area contributed by atoms with E-state index in [9.17, 15) is 9.59 Å². The lowest BCUT2D eigenvalue weighted by Gasteiger charge is -2.34. The fourth-order valence-electron chi connectivity index (χ4n) is 3.81. The number of aromatic nitrogens is 2. The predicted octanol–water partition coefficient (Wildman–Crippen LogP) is 2.74. The van der Waals surface area contributed by atoms with Crippen molar-refractivity contribution in [3.8, 4) is 16.9 Å². The van der Waals surface area contributed by atoms with Crippen molar-refractivity contribution in [2.24, 2.45) is 0 Å². The van der Waals surface area contributed by atoms with Crippen molar-refractivity contribution in [2.75, 3.05) is 59.2 Å². The van der Waals surface area contributed by atoms with Crippen LogP contribution < -0.4 is 10.1 Å². The number of hydrogen-bond acceptors (Lipinski definition) is 7. The van der Waals surface area contributed by atoms with Gasteiger partial charge in [0, 0.05) is 69.5 Å². The number of nitrogens with one attached hydrogen (secondary N) is 1. The van der Waals surface area contributed by atoms with Crippen LogP contribution in [0.1, 0.15) is 10.4 Å². The molecule has 9 nitrogen and oxygen atoms in total. The molecule has 0 spiro atoms. The molecule has 1 aromatic heterocycles. The molecule has 1 N–H and O–H groups in total. The molecule has 4 rings (SSSR count). The van der Waals surface area contributed by atoms with E-state index in [4.69, 9.17) is 4.74 Å². The second-order valence-electron chi connectivity index (χ2n) is 8.59. The molecule has 0 radical (unpaired) electrons. The van der Waals surface area contributed by atoms with Crippen LogP contribution in [0.5, 0.6) is 5.75 Å². The van der Waals surface area contributed by atoms with Gasteiger partial charge in [-0.1, -0.05) is 18.2 Å². The van der Waals surface area contributed by atoms with Gasteiger partial charge in [-0.3, -0.25) is 14.5 Å². The van der Waals surface area contributed by atoms with E-state index in [1.54, 1.807) is 38.5 Å². The summed E-state index contributed by atoms with van der Waals surface area (Å²) in [4.78, 5) is 39.3. The third-order valence-corrected chi connectivity index (χ3v) is 5.96. The molecule has 0 aliphatic carbocycles. The van der Waals surface area contributed by atoms with Crippen molar-refractivity contribution >= 4 is 23.5 Å². The maximum atomic E-state index is 13.1. The maximum absolute atomic E-state index is 13.1. The molecule has 0 atom stereocenters. The molecule has 2 amide bonds. The van der Waals surface area contributed by atoms with Gasteiger partial charge < -0.3 is 19.9 Å². The number of carbonyl (C=O) groups excluding carboxylic acids is 2. The summed E-state index contributed by atoms with van der Waals surface area (Å²) in [5, 5.41) is 3.17. The Morgan fingerprint density at radius 3 is 2.29 bits per heavy atom. The summed E-state index contributed by atoms with van der Waals surface area (Å²) in [7, 11) is 5.14. The van der Waals surface area contributed by atoms with E-state index in [2.05, 4.69) is 20.2 Å². The van der Waals surface area contributed by atoms with E-state index >= 15 is 0 Å². The molecule has 1 fully saturated rings. The zero-order valence-electron chi connectivity index (χ0n) is 20.3. The molecule has 1 aliphatic heterocycles. The molecule has 35 heavy (non-hydrogen) atoms. The van der Waals surface area contributed by atoms with E-state index in [0.29, 0.717) is 44.2 Å². The highest BCUT2D eigenvalue weighted by Crippen LogP contribution is 2.22. The van der Waals surface area contributed by atoms with E-state index in [-0.39, 0.29) is 11.8 Å². The Morgan fingerprint density at radius 2 is 1.66 bits per heavy atom. The number of rotatable bonds is 7. The second-order valence-corrected chi connectivity index (χ2v) is 8.59. The van der Waals surface area contributed by atoms with Crippen LogP contribution in [-0.2, 0) is 4.79 Å². The number of anilines is 2. The number of likely N-dealkylation sites (N-methyl/N-ethyl adjacent to an activating group) is 1. The number of nitrogens with zero attached hydrogens (tertiary/aromatic N) is 5. The molecular formula is C26H30N6O3. The quantitative estimate of drug-likeness (QED) is 0.563. The topological polar surface area (TPSA) is 90.9 Å². The lowest BCUT2D eigenvalue weighted by atomic mass is 10.1. The summed E-state index contributed by atoms with van der Waals surface area (Å²) in [5.41, 5.74) is 3.23. The summed E-state index contributed by atoms with van der Waals surface area (Å²) < 4.78 is 5.20. The Labute approximate surface area is 205 Å². The molecule has 2 heterocycles. The van der Waals surface area contributed by atoms with Crippen LogP contribution in [0.2, 0.25) is 0 Å². The molecule has 3 aromatic rings. The largest absolute Gasteiger partial charge is 0.497 e. The zero-order valence-corrected chi connectivity index (χ0v) is 20.3. The number of piperazine rings is 1. The zero-order chi connectivity index (χ0) is 24.8. The van der Waals surface area contributed by atoms with Crippen LogP contribution in [-0.4, -0.2) is 90.4 Å². The first-order valence-electron chi connectivity index (χ1n) is 11.5. The second kappa shape index (κ2) is 11.0. The number of hydrogen-bond donors (Lipinski definition) is 1. The van der Waals surface area contributed by atoms with Gasteiger partial charge in [0.05, 0.1) is 13.7 Å². The van der Waals surface area contributed by atoms with E-state index in [0.717, 1.165) is 22.6 Å². The van der Waals surface area contributed by atoms with Crippen LogP contribution in [0.4, 0.5) is 11.6 Å². The minimum absolute atomic E-state index is 0.0250. The monoisotopic (exact) mass is 474 g/mol. The minimum atomic E-state index is -0.0250. The van der Waals surface area contributed by atoms with Crippen LogP contribution in [0, 0.1) is 0 Å². The normalized spacial score (nSPS) is 13.9. The Kier molecular flexibility index (Phi) is 7.57. The summed E-state index contributed by atoms with van der Waals surface area (Å²) in [6.45, 7) is 2.92. The van der Waals surface area contributed by atoms with Gasteiger partial charge in [-0.05, 0) is 35.9 Å². The lowest BCUT2D eigenvalue weighted by molar-refractivity contribution is -0.130. The first kappa shape index (κ1) is 24.2. The highest BCUT2D eigenvalue weighted by atomic mass is 16.5. The predicted molar refractivity (Wildman–Crippen MR) is 135 cm³/mol. The fraction of sp³-hybridized carbons (Fsp3) is 0.308. The SMILES string of the molecule is COc1ccc(-c2cnc(Nc3cccc(C(=O)N4CCN(CC(=O)N(C)C)CC4)c3)nc2)cc1. The molecule has 182 valence electrons. The van der Waals surface area contributed by atoms with E-state index < -0.39 is 0 Å². The van der Waals surface area contributed by atoms with Gasteiger partial charge in [-0.25, -0.2) is 9.97 Å². The van der Waals surface area contributed by atoms with Crippen molar-refractivity contribution in [3.05, 3.63) is 66.5 Å². The van der Waals surface area contributed by atoms with Crippen molar-refractivity contribution < 1.29 is 14.3 Å². The van der Waals surface area contributed by atoms with Crippen molar-refractivity contribution in [2.45, 2.75) is 0 Å². The molecule has 0 bridgehead atoms. The number of methoxy groups -OCH3 is 1. The van der Waals surface area contributed by atoms with Gasteiger partial charge in [0.15, 0.2) is 0 Å². The molecule has 9 heteroatoms. The van der Waals surface area contributed by atoms with Crippen molar-refractivity contribution in [1.29, 1.82) is 0 Å². The van der Waals surface area contributed by atoms with Crippen LogP contribution in [0.3, 0.4) is 0 Å². The Bertz CT molecular complexity index is 1160. The molecular weight excluding hydrogens is 444 g/mol. The van der Waals surface area contributed by atoms with Crippen LogP contribution >= 0.6 is 0 Å². The molecule has 0 unspecified atom stereocenters. The van der Waals surface area contributed by atoms with Crippen molar-refractivity contribution in [3.63, 3.8) is 0 Å². The van der Waals surface area contributed by atoms with Gasteiger partial charge in [0.2, 0.25) is 11.9 Å². The average Bonchev–Trinajstić information content (AvgIpc) is 2.89. The average molecular weight is 475 g/mol. The number of amides is 2. The summed E-state index contributed by atoms with van der Waals surface area (Å²) >= 11 is 0. The van der Waals surface area contributed by atoms with Gasteiger partial charge >= 0.3 is 0 Å². The standard InChI is InChI=1S/C26H30N6O3/c1-30(2)24(33)18-31-11-13-32(14-12-31)25(34)20-5-4-6-22(15-20)29-26-27-16-21(17-28-26)19-7-9-23(35-3)10-8-19/h4-10,15-17H,11-14,18H2,1-3H3,(H,27,28,29). The smallest absolute Gasteiger partial charge is 0.254 e. The summed E-state index contributed by atoms with van der Waals surface area (Å²) in [5.74, 6) is 1.29. The number of carbonyl (C=O) groups is 2. The first-order chi connectivity index (χ1) is 16.9. The molecule has 1 saturated heterocycles. The van der Waals surface area contributed by atoms with Crippen LogP contribution in [0.15, 0.2) is 60.9 Å². The highest BCUT2D eigenvalue weighted by Gasteiger charge is 2.23. The fourth-order valence-corrected chi connectivity index (χ4v) is 3.81. The van der Waals surface area contributed by atoms with E-state index in [1.165, 1.54) is 0 Å². The first-order valence-corrected chi connectivity index (χ1v) is 11.5. The van der Waals surface area contributed by atoms with Crippen molar-refractivity contribution in [1.82, 2.24) is 24.7 Å². The van der Waals surface area contributed by atoms with Gasteiger partial charge in [-0.2, -0.15) is 0 Å². The Balaban J connectivity index is 1.36. The van der Waals surface area contributed by atoms with Crippen LogP contribution in [0.25, 0.3) is 11.1 Å². The van der Waals surface area contributed by atoms with Gasteiger partial charge in [-0.15, -0.1) is 0 Å². The number of ether oxygens (including phenoxy) is 1. The minimum Gasteiger partial charge on any atom is -0.497 e. The summed E-state index contributed by atoms with van der Waals surface area (Å²) in [6.07, 6.45) is 3.51. The Hall–Kier alpha value is -3.98. The summed E-state index contributed by atoms with van der Waals surface area (Å²) in [6, 6.07) is 15.0. The van der Waals surface area contributed by atoms with Gasteiger partial charge in [0.25, 0.3) is 5.91 Å². The highest BCUT2D eigenvalue weighted by molar-refractivity contribution is 5.95. The van der Waals surface area contributed by atoms with Gasteiger partial charge in [0.1, 0.15) is 5.75 Å². The molecule has 0 saturated carbocycles. The molecule has 1 aliphatic rings. The lowest BCUT2D eigenvalue weighted by Crippen LogP contribution is -2.51. The molecule has 2 aromatic carbocycles. The third kappa shape index (κ3) is 6.13.